The topological polar surface area (TPSA) is 70.4 Å². The van der Waals surface area contributed by atoms with E-state index in [0.717, 1.165) is 12.4 Å². The maximum Gasteiger partial charge on any atom is 0.314 e. The Morgan fingerprint density at radius 2 is 1.88 bits per heavy atom. The van der Waals surface area contributed by atoms with Crippen molar-refractivity contribution >= 4 is 5.97 Å². The number of nitrogens with zero attached hydrogens (tertiary/aromatic N) is 1. The molecule has 6 heteroatoms. The number of aliphatic hydroxyl groups is 1. The first-order valence-corrected chi connectivity index (χ1v) is 4.68. The molecular weight excluding hydrogens is 220 g/mol. The molecule has 1 heterocycles. The summed E-state index contributed by atoms with van der Waals surface area (Å²) in [6.45, 7) is 0. The van der Waals surface area contributed by atoms with E-state index in [-0.39, 0.29) is 12.8 Å². The van der Waals surface area contributed by atoms with Gasteiger partial charge in [-0.25, -0.2) is 8.78 Å². The molecule has 2 rings (SSSR count). The number of aliphatic carboxylic acids is 1. The van der Waals surface area contributed by atoms with E-state index < -0.39 is 34.7 Å². The molecule has 2 N–H and O–H groups in total. The SMILES string of the molecule is O=C(O)C1(c2c(F)cncc2F)CC(O)C1. The molecule has 16 heavy (non-hydrogen) atoms. The van der Waals surface area contributed by atoms with Crippen LogP contribution in [0.1, 0.15) is 18.4 Å². The lowest BCUT2D eigenvalue weighted by Gasteiger charge is -2.42. The average molecular weight is 229 g/mol. The molecule has 0 aliphatic heterocycles. The quantitative estimate of drug-likeness (QED) is 0.788. The highest BCUT2D eigenvalue weighted by Gasteiger charge is 2.54. The highest BCUT2D eigenvalue weighted by Crippen LogP contribution is 2.45. The fourth-order valence-corrected chi connectivity index (χ4v) is 2.10. The van der Waals surface area contributed by atoms with Gasteiger partial charge in [-0.2, -0.15) is 0 Å². The number of hydrogen-bond acceptors (Lipinski definition) is 3. The number of pyridine rings is 1. The number of rotatable bonds is 2. The molecule has 1 aromatic heterocycles. The first-order chi connectivity index (χ1) is 7.47. The fourth-order valence-electron chi connectivity index (χ4n) is 2.10. The van der Waals surface area contributed by atoms with Gasteiger partial charge in [-0.1, -0.05) is 0 Å². The third-order valence-electron chi connectivity index (χ3n) is 2.91. The van der Waals surface area contributed by atoms with Crippen molar-refractivity contribution in [3.63, 3.8) is 0 Å². The van der Waals surface area contributed by atoms with E-state index in [1.54, 1.807) is 0 Å². The Morgan fingerprint density at radius 1 is 1.38 bits per heavy atom. The van der Waals surface area contributed by atoms with Crippen LogP contribution in [0.3, 0.4) is 0 Å². The lowest BCUT2D eigenvalue weighted by molar-refractivity contribution is -0.153. The van der Waals surface area contributed by atoms with Crippen LogP contribution in [0.5, 0.6) is 0 Å². The second-order valence-electron chi connectivity index (χ2n) is 3.93. The van der Waals surface area contributed by atoms with Crippen molar-refractivity contribution in [1.82, 2.24) is 4.98 Å². The number of aromatic nitrogens is 1. The van der Waals surface area contributed by atoms with Gasteiger partial charge in [0.25, 0.3) is 0 Å². The van der Waals surface area contributed by atoms with Gasteiger partial charge < -0.3 is 10.2 Å². The van der Waals surface area contributed by atoms with Crippen molar-refractivity contribution in [2.75, 3.05) is 0 Å². The molecule has 0 radical (unpaired) electrons. The summed E-state index contributed by atoms with van der Waals surface area (Å²) in [7, 11) is 0. The number of carboxylic acids is 1. The van der Waals surface area contributed by atoms with Crippen LogP contribution in [0.2, 0.25) is 0 Å². The Kier molecular flexibility index (Phi) is 2.38. The van der Waals surface area contributed by atoms with Gasteiger partial charge in [-0.3, -0.25) is 9.78 Å². The van der Waals surface area contributed by atoms with E-state index in [0.29, 0.717) is 0 Å². The third-order valence-corrected chi connectivity index (χ3v) is 2.91. The van der Waals surface area contributed by atoms with Crippen LogP contribution < -0.4 is 0 Å². The minimum atomic E-state index is -1.66. The molecule has 0 amide bonds. The molecule has 1 aliphatic rings. The molecule has 0 aromatic carbocycles. The van der Waals surface area contributed by atoms with Crippen LogP contribution >= 0.6 is 0 Å². The third kappa shape index (κ3) is 1.37. The zero-order valence-electron chi connectivity index (χ0n) is 8.15. The first-order valence-electron chi connectivity index (χ1n) is 4.68. The summed E-state index contributed by atoms with van der Waals surface area (Å²) in [5.74, 6) is -3.31. The Labute approximate surface area is 89.6 Å². The molecule has 4 nitrogen and oxygen atoms in total. The number of carbonyl (C=O) groups is 1. The second-order valence-corrected chi connectivity index (χ2v) is 3.93. The fraction of sp³-hybridized carbons (Fsp3) is 0.400. The Balaban J connectivity index is 2.53. The zero-order chi connectivity index (χ0) is 11.9. The summed E-state index contributed by atoms with van der Waals surface area (Å²) in [4.78, 5) is 14.4. The van der Waals surface area contributed by atoms with E-state index in [4.69, 9.17) is 10.2 Å². The Hall–Kier alpha value is -1.56. The van der Waals surface area contributed by atoms with Crippen molar-refractivity contribution in [2.24, 2.45) is 0 Å². The van der Waals surface area contributed by atoms with Gasteiger partial charge in [0.1, 0.15) is 17.0 Å². The molecule has 0 atom stereocenters. The summed E-state index contributed by atoms with van der Waals surface area (Å²) in [6.07, 6.45) is 0.352. The molecule has 1 saturated carbocycles. The summed E-state index contributed by atoms with van der Waals surface area (Å²) in [5, 5.41) is 18.2. The Morgan fingerprint density at radius 3 is 2.25 bits per heavy atom. The van der Waals surface area contributed by atoms with Crippen LogP contribution in [0, 0.1) is 11.6 Å². The molecule has 0 saturated heterocycles. The van der Waals surface area contributed by atoms with Crippen LogP contribution in [0.4, 0.5) is 8.78 Å². The molecule has 1 fully saturated rings. The molecular formula is C10H9F2NO3. The molecule has 0 bridgehead atoms. The summed E-state index contributed by atoms with van der Waals surface area (Å²) in [6, 6.07) is 0. The van der Waals surface area contributed by atoms with Gasteiger partial charge in [0, 0.05) is 5.56 Å². The van der Waals surface area contributed by atoms with Gasteiger partial charge in [0.2, 0.25) is 0 Å². The summed E-state index contributed by atoms with van der Waals surface area (Å²) in [5.41, 5.74) is -2.17. The largest absolute Gasteiger partial charge is 0.481 e. The number of hydrogen-bond donors (Lipinski definition) is 2. The normalized spacial score (nSPS) is 28.6. The van der Waals surface area contributed by atoms with Crippen molar-refractivity contribution in [3.05, 3.63) is 29.6 Å². The van der Waals surface area contributed by atoms with Crippen molar-refractivity contribution < 1.29 is 23.8 Å². The number of aliphatic hydroxyl groups excluding tert-OH is 1. The standard InChI is InChI=1S/C10H9F2NO3/c11-6-3-13-4-7(12)8(6)10(9(15)16)1-5(14)2-10/h3-5,14H,1-2H2,(H,15,16). The van der Waals surface area contributed by atoms with E-state index in [2.05, 4.69) is 4.98 Å². The van der Waals surface area contributed by atoms with E-state index in [9.17, 15) is 13.6 Å². The van der Waals surface area contributed by atoms with Crippen LogP contribution in [0.15, 0.2) is 12.4 Å². The van der Waals surface area contributed by atoms with Gasteiger partial charge in [-0.05, 0) is 12.8 Å². The van der Waals surface area contributed by atoms with Crippen LogP contribution in [0.25, 0.3) is 0 Å². The number of carboxylic acid groups (broad SMARTS) is 1. The predicted molar refractivity (Wildman–Crippen MR) is 48.7 cm³/mol. The highest BCUT2D eigenvalue weighted by atomic mass is 19.1. The van der Waals surface area contributed by atoms with E-state index in [1.807, 2.05) is 0 Å². The van der Waals surface area contributed by atoms with Crippen molar-refractivity contribution in [3.8, 4) is 0 Å². The molecule has 86 valence electrons. The lowest BCUT2D eigenvalue weighted by atomic mass is 9.62. The minimum Gasteiger partial charge on any atom is -0.481 e. The van der Waals surface area contributed by atoms with E-state index in [1.165, 1.54) is 0 Å². The highest BCUT2D eigenvalue weighted by molar-refractivity contribution is 5.83. The molecule has 1 aromatic rings. The van der Waals surface area contributed by atoms with Crippen molar-refractivity contribution in [2.45, 2.75) is 24.4 Å². The lowest BCUT2D eigenvalue weighted by Crippen LogP contribution is -2.51. The number of halogens is 2. The monoisotopic (exact) mass is 229 g/mol. The molecule has 0 spiro atoms. The molecule has 1 aliphatic carbocycles. The van der Waals surface area contributed by atoms with Crippen LogP contribution in [-0.4, -0.2) is 27.3 Å². The van der Waals surface area contributed by atoms with Gasteiger partial charge in [0.15, 0.2) is 0 Å². The second kappa shape index (κ2) is 3.48. The first kappa shape index (κ1) is 10.9. The maximum atomic E-state index is 13.4. The molecule has 0 unspecified atom stereocenters. The maximum absolute atomic E-state index is 13.4. The Bertz CT molecular complexity index is 423. The van der Waals surface area contributed by atoms with Gasteiger partial charge in [-0.15, -0.1) is 0 Å². The summed E-state index contributed by atoms with van der Waals surface area (Å²) >= 11 is 0. The van der Waals surface area contributed by atoms with Crippen LogP contribution in [-0.2, 0) is 10.2 Å². The van der Waals surface area contributed by atoms with Gasteiger partial charge >= 0.3 is 5.97 Å². The predicted octanol–water partition coefficient (Wildman–Crippen LogP) is 0.837. The van der Waals surface area contributed by atoms with E-state index >= 15 is 0 Å². The van der Waals surface area contributed by atoms with Crippen molar-refractivity contribution in [1.29, 1.82) is 0 Å². The smallest absolute Gasteiger partial charge is 0.314 e. The average Bonchev–Trinajstić information content (AvgIpc) is 2.13. The summed E-state index contributed by atoms with van der Waals surface area (Å²) < 4.78 is 26.8. The zero-order valence-corrected chi connectivity index (χ0v) is 8.15. The minimum absolute atomic E-state index is 0.180. The van der Waals surface area contributed by atoms with Gasteiger partial charge in [0.05, 0.1) is 18.5 Å².